The first kappa shape index (κ1) is 15.1. The summed E-state index contributed by atoms with van der Waals surface area (Å²) in [5.74, 6) is -0.185. The summed E-state index contributed by atoms with van der Waals surface area (Å²) in [6.07, 6.45) is 1.68. The number of halogens is 1. The predicted octanol–water partition coefficient (Wildman–Crippen LogP) is 2.77. The van der Waals surface area contributed by atoms with E-state index in [1.165, 1.54) is 0 Å². The molecular formula is C15H20ClNO3. The molecule has 2 unspecified atom stereocenters. The van der Waals surface area contributed by atoms with Crippen LogP contribution in [0.15, 0.2) is 24.3 Å². The normalized spacial score (nSPS) is 21.4. The largest absolute Gasteiger partial charge is 0.497 e. The lowest BCUT2D eigenvalue weighted by Crippen LogP contribution is -2.40. The summed E-state index contributed by atoms with van der Waals surface area (Å²) in [6, 6.07) is 7.70. The molecule has 0 amide bonds. The molecule has 1 heterocycles. The number of rotatable bonds is 5. The van der Waals surface area contributed by atoms with Gasteiger partial charge in [0, 0.05) is 13.1 Å². The molecule has 0 bridgehead atoms. The van der Waals surface area contributed by atoms with Crippen molar-refractivity contribution < 1.29 is 14.6 Å². The van der Waals surface area contributed by atoms with E-state index < -0.39 is 5.97 Å². The molecule has 1 N–H and O–H groups in total. The third-order valence-electron chi connectivity index (χ3n) is 3.73. The average molecular weight is 298 g/mol. The topological polar surface area (TPSA) is 49.8 Å². The van der Waals surface area contributed by atoms with E-state index in [9.17, 15) is 4.79 Å². The highest BCUT2D eigenvalue weighted by molar-refractivity contribution is 6.21. The first-order valence-corrected chi connectivity index (χ1v) is 7.27. The van der Waals surface area contributed by atoms with E-state index in [4.69, 9.17) is 21.4 Å². The minimum Gasteiger partial charge on any atom is -0.497 e. The number of likely N-dealkylation sites (tertiary alicyclic amines) is 1. The lowest BCUT2D eigenvalue weighted by molar-refractivity contribution is -0.143. The molecule has 5 heteroatoms. The van der Waals surface area contributed by atoms with Crippen LogP contribution in [0.4, 0.5) is 0 Å². The number of alkyl halides is 1. The molecule has 0 spiro atoms. The number of carboxylic acids is 1. The number of hydrogen-bond acceptors (Lipinski definition) is 3. The van der Waals surface area contributed by atoms with Gasteiger partial charge in [-0.05, 0) is 37.1 Å². The Bertz CT molecular complexity index is 466. The molecule has 0 aliphatic carbocycles. The number of methoxy groups -OCH3 is 1. The summed E-state index contributed by atoms with van der Waals surface area (Å²) in [5.41, 5.74) is 1.00. The van der Waals surface area contributed by atoms with E-state index in [1.54, 1.807) is 7.11 Å². The molecule has 2 atom stereocenters. The second-order valence-electron chi connectivity index (χ2n) is 5.18. The van der Waals surface area contributed by atoms with E-state index >= 15 is 0 Å². The van der Waals surface area contributed by atoms with Crippen LogP contribution in [0.5, 0.6) is 5.75 Å². The first-order chi connectivity index (χ1) is 9.60. The molecule has 1 aromatic rings. The lowest BCUT2D eigenvalue weighted by atomic mass is 9.98. The maximum Gasteiger partial charge on any atom is 0.307 e. The Balaban J connectivity index is 1.96. The van der Waals surface area contributed by atoms with Crippen LogP contribution < -0.4 is 4.74 Å². The molecule has 1 aliphatic heterocycles. The minimum absolute atomic E-state index is 0.155. The number of carboxylic acid groups (broad SMARTS) is 1. The van der Waals surface area contributed by atoms with Crippen LogP contribution in [0.2, 0.25) is 0 Å². The van der Waals surface area contributed by atoms with Crippen LogP contribution in [0.25, 0.3) is 0 Å². The van der Waals surface area contributed by atoms with Gasteiger partial charge in [0.05, 0.1) is 18.4 Å². The lowest BCUT2D eigenvalue weighted by Gasteiger charge is -2.32. The van der Waals surface area contributed by atoms with Gasteiger partial charge in [0.1, 0.15) is 5.75 Å². The zero-order valence-corrected chi connectivity index (χ0v) is 12.3. The standard InChI is InChI=1S/C15H20ClNO3/c1-20-13-6-2-4-11(8-13)14(16)10-17-7-3-5-12(9-17)15(18)19/h2,4,6,8,12,14H,3,5,7,9-10H2,1H3,(H,18,19). The van der Waals surface area contributed by atoms with E-state index in [0.717, 1.165) is 30.7 Å². The Morgan fingerprint density at radius 1 is 1.60 bits per heavy atom. The minimum atomic E-state index is -0.706. The second-order valence-corrected chi connectivity index (χ2v) is 5.71. The number of hydrogen-bond donors (Lipinski definition) is 1. The van der Waals surface area contributed by atoms with E-state index in [2.05, 4.69) is 4.90 Å². The fourth-order valence-electron chi connectivity index (χ4n) is 2.59. The number of ether oxygens (including phenoxy) is 1. The fraction of sp³-hybridized carbons (Fsp3) is 0.533. The van der Waals surface area contributed by atoms with Crippen molar-refractivity contribution in [1.82, 2.24) is 4.90 Å². The van der Waals surface area contributed by atoms with E-state index in [1.807, 2.05) is 24.3 Å². The molecule has 4 nitrogen and oxygen atoms in total. The van der Waals surface area contributed by atoms with Crippen molar-refractivity contribution in [3.8, 4) is 5.75 Å². The zero-order chi connectivity index (χ0) is 14.5. The maximum absolute atomic E-state index is 11.1. The summed E-state index contributed by atoms with van der Waals surface area (Å²) >= 11 is 6.45. The van der Waals surface area contributed by atoms with Gasteiger partial charge in [-0.15, -0.1) is 11.6 Å². The van der Waals surface area contributed by atoms with Crippen molar-refractivity contribution in [1.29, 1.82) is 0 Å². The first-order valence-electron chi connectivity index (χ1n) is 6.83. The molecule has 1 fully saturated rings. The quantitative estimate of drug-likeness (QED) is 0.849. The van der Waals surface area contributed by atoms with Crippen molar-refractivity contribution in [3.63, 3.8) is 0 Å². The van der Waals surface area contributed by atoms with Crippen molar-refractivity contribution in [2.45, 2.75) is 18.2 Å². The van der Waals surface area contributed by atoms with E-state index in [-0.39, 0.29) is 11.3 Å². The predicted molar refractivity (Wildman–Crippen MR) is 78.4 cm³/mol. The Labute approximate surface area is 124 Å². The average Bonchev–Trinajstić information content (AvgIpc) is 2.47. The van der Waals surface area contributed by atoms with Crippen LogP contribution in [0, 0.1) is 5.92 Å². The van der Waals surface area contributed by atoms with Gasteiger partial charge in [-0.25, -0.2) is 0 Å². The summed E-state index contributed by atoms with van der Waals surface area (Å²) in [5, 5.41) is 8.94. The van der Waals surface area contributed by atoms with Gasteiger partial charge in [-0.1, -0.05) is 12.1 Å². The summed E-state index contributed by atoms with van der Waals surface area (Å²) in [4.78, 5) is 13.2. The smallest absolute Gasteiger partial charge is 0.307 e. The van der Waals surface area contributed by atoms with Crippen molar-refractivity contribution >= 4 is 17.6 Å². The monoisotopic (exact) mass is 297 g/mol. The van der Waals surface area contributed by atoms with Crippen LogP contribution >= 0.6 is 11.6 Å². The molecule has 0 saturated carbocycles. The van der Waals surface area contributed by atoms with Gasteiger partial charge in [-0.2, -0.15) is 0 Å². The van der Waals surface area contributed by atoms with Gasteiger partial charge in [-0.3, -0.25) is 4.79 Å². The van der Waals surface area contributed by atoms with Crippen LogP contribution in [0.1, 0.15) is 23.8 Å². The highest BCUT2D eigenvalue weighted by Gasteiger charge is 2.26. The van der Waals surface area contributed by atoms with Crippen LogP contribution in [-0.4, -0.2) is 42.7 Å². The third kappa shape index (κ3) is 3.87. The molecule has 1 aliphatic rings. The highest BCUT2D eigenvalue weighted by atomic mass is 35.5. The molecule has 2 rings (SSSR count). The number of nitrogens with zero attached hydrogens (tertiary/aromatic N) is 1. The molecule has 110 valence electrons. The summed E-state index contributed by atoms with van der Waals surface area (Å²) in [7, 11) is 1.63. The van der Waals surface area contributed by atoms with Gasteiger partial charge in [0.25, 0.3) is 0 Å². The highest BCUT2D eigenvalue weighted by Crippen LogP contribution is 2.27. The fourth-order valence-corrected chi connectivity index (χ4v) is 2.92. The van der Waals surface area contributed by atoms with Gasteiger partial charge >= 0.3 is 5.97 Å². The van der Waals surface area contributed by atoms with Gasteiger partial charge in [0.2, 0.25) is 0 Å². The van der Waals surface area contributed by atoms with Crippen LogP contribution in [-0.2, 0) is 4.79 Å². The van der Waals surface area contributed by atoms with Crippen molar-refractivity contribution in [2.75, 3.05) is 26.7 Å². The van der Waals surface area contributed by atoms with Gasteiger partial charge in [0.15, 0.2) is 0 Å². The summed E-state index contributed by atoms with van der Waals surface area (Å²) in [6.45, 7) is 2.16. The molecule has 1 aromatic carbocycles. The molecule has 0 radical (unpaired) electrons. The van der Waals surface area contributed by atoms with Gasteiger partial charge < -0.3 is 14.7 Å². The second kappa shape index (κ2) is 6.95. The maximum atomic E-state index is 11.1. The Morgan fingerprint density at radius 3 is 3.10 bits per heavy atom. The molecule has 0 aromatic heterocycles. The third-order valence-corrected chi connectivity index (χ3v) is 4.12. The molecule has 1 saturated heterocycles. The van der Waals surface area contributed by atoms with Crippen LogP contribution in [0.3, 0.4) is 0 Å². The SMILES string of the molecule is COc1cccc(C(Cl)CN2CCCC(C(=O)O)C2)c1. The zero-order valence-electron chi connectivity index (χ0n) is 11.6. The Hall–Kier alpha value is -1.26. The van der Waals surface area contributed by atoms with E-state index in [0.29, 0.717) is 13.1 Å². The molecule has 20 heavy (non-hydrogen) atoms. The Kier molecular flexibility index (Phi) is 5.26. The number of benzene rings is 1. The number of piperidine rings is 1. The van der Waals surface area contributed by atoms with Crippen molar-refractivity contribution in [2.24, 2.45) is 5.92 Å². The Morgan fingerprint density at radius 2 is 2.40 bits per heavy atom. The molecular weight excluding hydrogens is 278 g/mol. The number of carbonyl (C=O) groups is 1. The number of aliphatic carboxylic acids is 1. The van der Waals surface area contributed by atoms with Crippen molar-refractivity contribution in [3.05, 3.63) is 29.8 Å². The summed E-state index contributed by atoms with van der Waals surface area (Å²) < 4.78 is 5.19.